The van der Waals surface area contributed by atoms with E-state index < -0.39 is 12.1 Å². The third-order valence-corrected chi connectivity index (χ3v) is 3.81. The van der Waals surface area contributed by atoms with E-state index in [-0.39, 0.29) is 24.2 Å². The molecule has 0 heterocycles. The summed E-state index contributed by atoms with van der Waals surface area (Å²) in [6, 6.07) is 0. The van der Waals surface area contributed by atoms with Crippen molar-refractivity contribution < 1.29 is 24.9 Å². The van der Waals surface area contributed by atoms with Gasteiger partial charge in [0.15, 0.2) is 0 Å². The van der Waals surface area contributed by atoms with E-state index in [0.29, 0.717) is 6.42 Å². The molecule has 0 aromatic heterocycles. The summed E-state index contributed by atoms with van der Waals surface area (Å²) in [7, 11) is 0. The van der Waals surface area contributed by atoms with Gasteiger partial charge in [0.2, 0.25) is 0 Å². The van der Waals surface area contributed by atoms with Gasteiger partial charge in [-0.25, -0.2) is 0 Å². The molecule has 0 spiro atoms. The molecule has 1 aliphatic rings. The molecule has 3 N–H and O–H groups in total. The number of carbonyl (C=O) groups is 2. The molecule has 0 saturated heterocycles. The van der Waals surface area contributed by atoms with E-state index in [1.807, 2.05) is 13.0 Å². The highest BCUT2D eigenvalue weighted by atomic mass is 16.4. The van der Waals surface area contributed by atoms with Crippen LogP contribution in [0.5, 0.6) is 0 Å². The fraction of sp³-hybridized carbons (Fsp3) is 0.765. The van der Waals surface area contributed by atoms with E-state index in [1.54, 1.807) is 0 Å². The van der Waals surface area contributed by atoms with Crippen LogP contribution in [0, 0.1) is 11.8 Å². The van der Waals surface area contributed by atoms with Crippen molar-refractivity contribution in [3.05, 3.63) is 12.2 Å². The normalized spacial score (nSPS) is 24.4. The Morgan fingerprint density at radius 3 is 2.41 bits per heavy atom. The second-order valence-corrected chi connectivity index (χ2v) is 5.70. The van der Waals surface area contributed by atoms with E-state index in [4.69, 9.17) is 15.0 Å². The molecule has 0 aromatic rings. The lowest BCUT2D eigenvalue weighted by molar-refractivity contribution is -0.134. The molecule has 1 aliphatic carbocycles. The first kappa shape index (κ1) is 20.8. The average molecular weight is 314 g/mol. The van der Waals surface area contributed by atoms with E-state index in [1.165, 1.54) is 0 Å². The van der Waals surface area contributed by atoms with Gasteiger partial charge in [0.1, 0.15) is 5.78 Å². The number of aliphatic carboxylic acids is 1. The first-order valence-corrected chi connectivity index (χ1v) is 8.11. The Kier molecular flexibility index (Phi) is 11.7. The zero-order valence-corrected chi connectivity index (χ0v) is 13.7. The molecule has 0 amide bonds. The standard InChI is InChI=1S/C15H26O3.C2H4O2/c1-2-12-13(15(18)11-14(12)17)9-7-5-3-4-6-8-10-16;1-2(3)4/h7,9,12-13,15-16,18H,2-6,8,10-11H2,1H3;1H3,(H,3,4)/b9-7+;/t12-,13-,15+;/m1./s1. The fourth-order valence-electron chi connectivity index (χ4n) is 2.72. The van der Waals surface area contributed by atoms with Gasteiger partial charge in [0.25, 0.3) is 5.97 Å². The van der Waals surface area contributed by atoms with Crippen molar-refractivity contribution in [2.75, 3.05) is 6.61 Å². The molecule has 1 fully saturated rings. The Morgan fingerprint density at radius 1 is 1.27 bits per heavy atom. The number of carboxylic acids is 1. The highest BCUT2D eigenvalue weighted by molar-refractivity contribution is 5.84. The van der Waals surface area contributed by atoms with Gasteiger partial charge in [0, 0.05) is 31.8 Å². The Labute approximate surface area is 133 Å². The minimum absolute atomic E-state index is 0.0191. The summed E-state index contributed by atoms with van der Waals surface area (Å²) in [6.45, 7) is 3.38. The SMILES string of the molecule is CC(=O)O.CC[C@H]1C(=O)C[C@H](O)[C@@H]1/C=C/CCCCCCO. The van der Waals surface area contributed by atoms with E-state index >= 15 is 0 Å². The second kappa shape index (κ2) is 12.4. The quantitative estimate of drug-likeness (QED) is 0.473. The molecule has 128 valence electrons. The van der Waals surface area contributed by atoms with Crippen molar-refractivity contribution in [2.45, 2.75) is 64.9 Å². The lowest BCUT2D eigenvalue weighted by Gasteiger charge is -2.15. The number of Topliss-reactive ketones (excluding diaryl/α,β-unsaturated/α-hetero) is 1. The number of carboxylic acid groups (broad SMARTS) is 1. The molecular weight excluding hydrogens is 284 g/mol. The highest BCUT2D eigenvalue weighted by Crippen LogP contribution is 2.32. The number of rotatable bonds is 8. The Balaban J connectivity index is 0.000000980. The Bertz CT molecular complexity index is 347. The number of carbonyl (C=O) groups excluding carboxylic acids is 1. The van der Waals surface area contributed by atoms with Crippen LogP contribution in [0.3, 0.4) is 0 Å². The van der Waals surface area contributed by atoms with Crippen LogP contribution in [0.1, 0.15) is 58.8 Å². The molecule has 1 saturated carbocycles. The molecule has 22 heavy (non-hydrogen) atoms. The number of aliphatic hydroxyl groups excluding tert-OH is 2. The van der Waals surface area contributed by atoms with Crippen molar-refractivity contribution >= 4 is 11.8 Å². The lowest BCUT2D eigenvalue weighted by Crippen LogP contribution is -2.17. The van der Waals surface area contributed by atoms with Crippen LogP contribution < -0.4 is 0 Å². The Morgan fingerprint density at radius 2 is 1.86 bits per heavy atom. The van der Waals surface area contributed by atoms with Crippen LogP contribution in [-0.4, -0.2) is 39.8 Å². The molecule has 0 radical (unpaired) electrons. The fourth-order valence-corrected chi connectivity index (χ4v) is 2.72. The summed E-state index contributed by atoms with van der Waals surface area (Å²) in [5.74, 6) is -0.576. The Hall–Kier alpha value is -1.20. The first-order valence-electron chi connectivity index (χ1n) is 8.11. The summed E-state index contributed by atoms with van der Waals surface area (Å²) in [6.07, 6.45) is 10.0. The van der Waals surface area contributed by atoms with Gasteiger partial charge in [-0.2, -0.15) is 0 Å². The molecule has 3 atom stereocenters. The monoisotopic (exact) mass is 314 g/mol. The minimum Gasteiger partial charge on any atom is -0.481 e. The zero-order valence-electron chi connectivity index (χ0n) is 13.7. The number of aliphatic hydroxyl groups is 2. The molecule has 5 nitrogen and oxygen atoms in total. The predicted molar refractivity (Wildman–Crippen MR) is 85.5 cm³/mol. The first-order chi connectivity index (χ1) is 10.4. The van der Waals surface area contributed by atoms with Gasteiger partial charge >= 0.3 is 0 Å². The number of hydrogen-bond acceptors (Lipinski definition) is 4. The van der Waals surface area contributed by atoms with Crippen molar-refractivity contribution in [1.82, 2.24) is 0 Å². The summed E-state index contributed by atoms with van der Waals surface area (Å²) in [5, 5.41) is 25.9. The molecular formula is C17H30O5. The van der Waals surface area contributed by atoms with Crippen molar-refractivity contribution in [1.29, 1.82) is 0 Å². The third kappa shape index (κ3) is 8.95. The number of hydrogen-bond donors (Lipinski definition) is 3. The van der Waals surface area contributed by atoms with Crippen LogP contribution in [0.15, 0.2) is 12.2 Å². The maximum absolute atomic E-state index is 11.6. The number of unbranched alkanes of at least 4 members (excludes halogenated alkanes) is 4. The van der Waals surface area contributed by atoms with Crippen molar-refractivity contribution in [3.8, 4) is 0 Å². The summed E-state index contributed by atoms with van der Waals surface area (Å²) in [4.78, 5) is 20.6. The predicted octanol–water partition coefficient (Wildman–Crippen LogP) is 2.55. The summed E-state index contributed by atoms with van der Waals surface area (Å²) in [5.41, 5.74) is 0. The van der Waals surface area contributed by atoms with Gasteiger partial charge in [-0.05, 0) is 25.7 Å². The van der Waals surface area contributed by atoms with E-state index in [2.05, 4.69) is 6.08 Å². The smallest absolute Gasteiger partial charge is 0.300 e. The van der Waals surface area contributed by atoms with Crippen LogP contribution in [0.2, 0.25) is 0 Å². The molecule has 0 aliphatic heterocycles. The van der Waals surface area contributed by atoms with Crippen molar-refractivity contribution in [3.63, 3.8) is 0 Å². The van der Waals surface area contributed by atoms with E-state index in [9.17, 15) is 9.90 Å². The van der Waals surface area contributed by atoms with Gasteiger partial charge < -0.3 is 15.3 Å². The molecule has 0 bridgehead atoms. The average Bonchev–Trinajstić information content (AvgIpc) is 2.71. The van der Waals surface area contributed by atoms with Gasteiger partial charge in [-0.1, -0.05) is 31.9 Å². The van der Waals surface area contributed by atoms with Crippen LogP contribution in [-0.2, 0) is 9.59 Å². The largest absolute Gasteiger partial charge is 0.481 e. The second-order valence-electron chi connectivity index (χ2n) is 5.70. The van der Waals surface area contributed by atoms with Gasteiger partial charge in [0.05, 0.1) is 6.10 Å². The van der Waals surface area contributed by atoms with Crippen LogP contribution >= 0.6 is 0 Å². The third-order valence-electron chi connectivity index (χ3n) is 3.81. The lowest BCUT2D eigenvalue weighted by atomic mass is 9.91. The molecule has 1 rings (SSSR count). The van der Waals surface area contributed by atoms with Crippen LogP contribution in [0.4, 0.5) is 0 Å². The number of allylic oxidation sites excluding steroid dienone is 1. The van der Waals surface area contributed by atoms with Crippen LogP contribution in [0.25, 0.3) is 0 Å². The zero-order chi connectivity index (χ0) is 17.0. The van der Waals surface area contributed by atoms with Crippen molar-refractivity contribution in [2.24, 2.45) is 11.8 Å². The van der Waals surface area contributed by atoms with Gasteiger partial charge in [-0.15, -0.1) is 0 Å². The van der Waals surface area contributed by atoms with Gasteiger partial charge in [-0.3, -0.25) is 9.59 Å². The minimum atomic E-state index is -0.833. The topological polar surface area (TPSA) is 94.8 Å². The maximum atomic E-state index is 11.6. The summed E-state index contributed by atoms with van der Waals surface area (Å²) >= 11 is 0. The highest BCUT2D eigenvalue weighted by Gasteiger charge is 2.38. The molecule has 0 unspecified atom stereocenters. The molecule has 0 aromatic carbocycles. The molecule has 5 heteroatoms. The van der Waals surface area contributed by atoms with E-state index in [0.717, 1.165) is 45.4 Å². The number of ketones is 1. The summed E-state index contributed by atoms with van der Waals surface area (Å²) < 4.78 is 0. The maximum Gasteiger partial charge on any atom is 0.300 e.